The van der Waals surface area contributed by atoms with E-state index in [1.54, 1.807) is 0 Å². The Labute approximate surface area is 420 Å². The van der Waals surface area contributed by atoms with E-state index in [2.05, 4.69) is 272 Å². The molecule has 1 spiro atoms. The predicted octanol–water partition coefficient (Wildman–Crippen LogP) is 11.2. The van der Waals surface area contributed by atoms with Crippen LogP contribution in [0.15, 0.2) is 261 Å². The molecule has 336 valence electrons. The number of benzene rings is 10. The van der Waals surface area contributed by atoms with Crippen LogP contribution >= 0.6 is 0 Å². The molecule has 0 unspecified atom stereocenters. The molecule has 0 radical (unpaired) electrons. The average molecular weight is 934 g/mol. The molecule has 3 heterocycles. The van der Waals surface area contributed by atoms with Crippen molar-refractivity contribution < 1.29 is 9.47 Å². The van der Waals surface area contributed by atoms with Gasteiger partial charge in [0.1, 0.15) is 23.0 Å². The summed E-state index contributed by atoms with van der Waals surface area (Å²) < 4.78 is 16.7. The van der Waals surface area contributed by atoms with Gasteiger partial charge in [-0.15, -0.1) is 0 Å². The largest absolute Gasteiger partial charge is 0.458 e. The summed E-state index contributed by atoms with van der Waals surface area (Å²) in [5, 5.41) is 6.39. The fourth-order valence-electron chi connectivity index (χ4n) is 12.9. The van der Waals surface area contributed by atoms with Gasteiger partial charge < -0.3 is 14.0 Å². The Hall–Kier alpha value is -8.90. The van der Waals surface area contributed by atoms with Gasteiger partial charge in [0.25, 0.3) is 6.71 Å². The number of fused-ring (bicyclic) bond motifs is 12. The Morgan fingerprint density at radius 2 is 0.917 bits per heavy atom. The first-order chi connectivity index (χ1) is 35.7. The van der Waals surface area contributed by atoms with Crippen molar-refractivity contribution in [1.82, 2.24) is 4.57 Å². The Bertz CT molecular complexity index is 3920. The van der Waals surface area contributed by atoms with Crippen LogP contribution in [0.1, 0.15) is 27.9 Å². The summed E-state index contributed by atoms with van der Waals surface area (Å²) in [4.78, 5) is 0. The molecule has 4 aliphatic rings. The van der Waals surface area contributed by atoms with E-state index in [1.807, 2.05) is 0 Å². The van der Waals surface area contributed by atoms with Gasteiger partial charge in [-0.25, -0.2) is 0 Å². The van der Waals surface area contributed by atoms with Crippen LogP contribution in [-0.4, -0.2) is 19.4 Å². The first kappa shape index (κ1) is 40.9. The zero-order valence-corrected chi connectivity index (χ0v) is 40.2. The molecular weight excluding hydrogens is 890 g/mol. The molecule has 2 aliphatic heterocycles. The van der Waals surface area contributed by atoms with E-state index < -0.39 is 8.07 Å². The highest BCUT2D eigenvalue weighted by Gasteiger charge is 2.48. The summed E-state index contributed by atoms with van der Waals surface area (Å²) in [7, 11) is -2.85. The summed E-state index contributed by atoms with van der Waals surface area (Å²) >= 11 is 0. The van der Waals surface area contributed by atoms with Crippen molar-refractivity contribution in [1.29, 1.82) is 0 Å². The molecule has 1 aromatic heterocycles. The molecule has 72 heavy (non-hydrogen) atoms. The Morgan fingerprint density at radius 1 is 0.403 bits per heavy atom. The normalized spacial score (nSPS) is 14.2. The summed E-state index contributed by atoms with van der Waals surface area (Å²) in [6.07, 6.45) is 7.12. The summed E-state index contributed by atoms with van der Waals surface area (Å²) in [6.45, 7) is -0.0821. The Morgan fingerprint density at radius 3 is 1.57 bits per heavy atom. The summed E-state index contributed by atoms with van der Waals surface area (Å²) in [6, 6.07) is 91.2. The molecule has 11 aromatic rings. The van der Waals surface area contributed by atoms with Gasteiger partial charge in [-0.05, 0) is 101 Å². The zero-order valence-electron chi connectivity index (χ0n) is 39.2. The fraction of sp³-hybridized carbons (Fsp3) is 0.0149. The molecule has 15 rings (SSSR count). The van der Waals surface area contributed by atoms with Crippen molar-refractivity contribution in [2.75, 3.05) is 0 Å². The third-order valence-electron chi connectivity index (χ3n) is 15.9. The van der Waals surface area contributed by atoms with Gasteiger partial charge in [-0.1, -0.05) is 224 Å². The highest BCUT2D eigenvalue weighted by Crippen LogP contribution is 2.58. The van der Waals surface area contributed by atoms with Crippen molar-refractivity contribution in [2.24, 2.45) is 0 Å². The molecule has 0 atom stereocenters. The van der Waals surface area contributed by atoms with Crippen LogP contribution in [0.4, 0.5) is 0 Å². The zero-order chi connectivity index (χ0) is 47.4. The van der Waals surface area contributed by atoms with Crippen molar-refractivity contribution >= 4 is 74.5 Å². The molecule has 0 bridgehead atoms. The molecule has 0 saturated heterocycles. The lowest BCUT2D eigenvalue weighted by Gasteiger charge is -2.37. The van der Waals surface area contributed by atoms with E-state index >= 15 is 0 Å². The molecule has 5 heteroatoms. The van der Waals surface area contributed by atoms with Crippen molar-refractivity contribution in [3.63, 3.8) is 0 Å². The van der Waals surface area contributed by atoms with Crippen LogP contribution < -0.4 is 46.6 Å². The van der Waals surface area contributed by atoms with Gasteiger partial charge in [-0.3, -0.25) is 0 Å². The van der Waals surface area contributed by atoms with Crippen LogP contribution in [-0.2, 0) is 5.41 Å². The minimum Gasteiger partial charge on any atom is -0.458 e. The van der Waals surface area contributed by atoms with E-state index in [1.165, 1.54) is 59.7 Å². The van der Waals surface area contributed by atoms with E-state index in [4.69, 9.17) is 9.47 Å². The standard InChI is InChI=1S/C67H44BNO2Si/c1-4-21-49(22-5-1)72(50-23-6-2-7-24-50,51-25-8-3-9-26-51)52-38-39-60-63(43-52)71-65-42-48(41-64-66(65)68(60)59-33-17-19-35-62(59)70-64)69-47(40-45-20-10-18-34-61(45)69)37-36-46-44-67(56-30-14-11-27-53(46)56)57-31-15-12-28-54(57)55-29-13-16-32-58(55)67/h1-44H/b37-36-. The van der Waals surface area contributed by atoms with Crippen molar-refractivity contribution in [3.05, 3.63) is 289 Å². The third-order valence-corrected chi connectivity index (χ3v) is 20.7. The number of para-hydroxylation sites is 2. The van der Waals surface area contributed by atoms with Crippen LogP contribution in [0.5, 0.6) is 23.0 Å². The second kappa shape index (κ2) is 15.8. The maximum Gasteiger partial charge on any atom is 0.260 e. The number of hydrogen-bond donors (Lipinski definition) is 0. The van der Waals surface area contributed by atoms with Crippen LogP contribution in [0.2, 0.25) is 0 Å². The monoisotopic (exact) mass is 933 g/mol. The third kappa shape index (κ3) is 5.80. The van der Waals surface area contributed by atoms with Gasteiger partial charge in [0.2, 0.25) is 0 Å². The molecule has 0 saturated carbocycles. The van der Waals surface area contributed by atoms with Gasteiger partial charge in [0.05, 0.1) is 16.6 Å². The van der Waals surface area contributed by atoms with Gasteiger partial charge in [-0.2, -0.15) is 0 Å². The van der Waals surface area contributed by atoms with Gasteiger partial charge in [0, 0.05) is 28.7 Å². The van der Waals surface area contributed by atoms with E-state index in [9.17, 15) is 0 Å². The minimum atomic E-state index is -2.85. The number of ether oxygens (including phenoxy) is 2. The topological polar surface area (TPSA) is 23.4 Å². The quantitative estimate of drug-likeness (QED) is 0.117. The number of nitrogens with zero attached hydrogens (tertiary/aromatic N) is 1. The van der Waals surface area contributed by atoms with Crippen LogP contribution in [0.3, 0.4) is 0 Å². The Balaban J connectivity index is 0.904. The number of aromatic nitrogens is 1. The SMILES string of the molecule is C1=C(/C=C\c2cc3ccccc3n2-c2cc3c4c(c2)Oc2cc([Si](c5ccccc5)(c5ccccc5)c5ccccc5)ccc2B4c2ccccc2O3)c2ccccc2C12c1ccccc1-c1ccccc12. The summed E-state index contributed by atoms with van der Waals surface area (Å²) in [5.74, 6) is 3.35. The lowest BCUT2D eigenvalue weighted by Crippen LogP contribution is -2.75. The maximum atomic E-state index is 7.37. The molecule has 0 fully saturated rings. The highest BCUT2D eigenvalue weighted by atomic mass is 28.3. The summed E-state index contributed by atoms with van der Waals surface area (Å²) in [5.41, 5.74) is 15.2. The lowest BCUT2D eigenvalue weighted by atomic mass is 9.35. The van der Waals surface area contributed by atoms with Crippen LogP contribution in [0.25, 0.3) is 39.4 Å². The smallest absolute Gasteiger partial charge is 0.260 e. The lowest BCUT2D eigenvalue weighted by molar-refractivity contribution is 0.464. The molecule has 10 aromatic carbocycles. The molecule has 3 nitrogen and oxygen atoms in total. The van der Waals surface area contributed by atoms with Gasteiger partial charge >= 0.3 is 0 Å². The second-order valence-corrected chi connectivity index (χ2v) is 23.3. The van der Waals surface area contributed by atoms with Gasteiger partial charge in [0.15, 0.2) is 8.07 Å². The minimum absolute atomic E-state index is 0.0821. The molecule has 2 aliphatic carbocycles. The van der Waals surface area contributed by atoms with Crippen LogP contribution in [0, 0.1) is 0 Å². The van der Waals surface area contributed by atoms with E-state index in [0.717, 1.165) is 61.7 Å². The number of hydrogen-bond acceptors (Lipinski definition) is 2. The van der Waals surface area contributed by atoms with E-state index in [0.29, 0.717) is 0 Å². The van der Waals surface area contributed by atoms with Crippen molar-refractivity contribution in [3.8, 4) is 39.8 Å². The average Bonchev–Trinajstić information content (AvgIpc) is 4.09. The number of rotatable bonds is 7. The Kier molecular flexibility index (Phi) is 8.99. The maximum absolute atomic E-state index is 7.37. The first-order valence-electron chi connectivity index (χ1n) is 24.9. The molecule has 0 N–H and O–H groups in total. The van der Waals surface area contributed by atoms with Crippen molar-refractivity contribution in [2.45, 2.75) is 5.41 Å². The first-order valence-corrected chi connectivity index (χ1v) is 26.9. The predicted molar refractivity (Wildman–Crippen MR) is 300 cm³/mol. The molecule has 0 amide bonds. The fourth-order valence-corrected chi connectivity index (χ4v) is 17.7. The highest BCUT2D eigenvalue weighted by molar-refractivity contribution is 7.20. The number of allylic oxidation sites excluding steroid dienone is 3. The van der Waals surface area contributed by atoms with E-state index in [-0.39, 0.29) is 12.1 Å². The second-order valence-electron chi connectivity index (χ2n) is 19.5. The molecular formula is C67H44BNO2Si.